The third-order valence-electron chi connectivity index (χ3n) is 8.55. The van der Waals surface area contributed by atoms with Gasteiger partial charge in [-0.1, -0.05) is 77.9 Å². The van der Waals surface area contributed by atoms with Crippen LogP contribution in [0.1, 0.15) is 67.1 Å². The molecule has 0 saturated heterocycles. The van der Waals surface area contributed by atoms with E-state index < -0.39 is 16.0 Å². The summed E-state index contributed by atoms with van der Waals surface area (Å²) in [5.41, 5.74) is 15.7. The second kappa shape index (κ2) is 12.5. The Labute approximate surface area is 268 Å². The molecule has 5 aromatic carbocycles. The van der Waals surface area contributed by atoms with Gasteiger partial charge < -0.3 is 10.6 Å². The Morgan fingerprint density at radius 3 is 1.31 bits per heavy atom. The molecule has 0 radical (unpaired) electrons. The first-order chi connectivity index (χ1) is 21.2. The van der Waals surface area contributed by atoms with Gasteiger partial charge in [-0.15, -0.1) is 0 Å². The predicted molar refractivity (Wildman–Crippen MR) is 187 cm³/mol. The van der Waals surface area contributed by atoms with E-state index in [1.807, 2.05) is 18.2 Å². The normalized spacial score (nSPS) is 11.6. The third-order valence-corrected chi connectivity index (χ3v) is 9.48. The van der Waals surface area contributed by atoms with Crippen LogP contribution in [0.15, 0.2) is 89.8 Å². The number of nitrogens with one attached hydrogen (secondary N) is 2. The Balaban J connectivity index is 1.60. The molecule has 45 heavy (non-hydrogen) atoms. The van der Waals surface area contributed by atoms with Crippen molar-refractivity contribution in [1.29, 1.82) is 0 Å². The Morgan fingerprint density at radius 1 is 0.533 bits per heavy atom. The van der Waals surface area contributed by atoms with Crippen molar-refractivity contribution in [3.63, 3.8) is 0 Å². The van der Waals surface area contributed by atoms with Gasteiger partial charge in [0.25, 0.3) is 10.1 Å². The van der Waals surface area contributed by atoms with Crippen LogP contribution in [0.2, 0.25) is 0 Å². The highest BCUT2D eigenvalue weighted by Crippen LogP contribution is 2.39. The molecule has 0 heterocycles. The minimum atomic E-state index is -4.46. The molecular formula is C39H42N2O3S. The van der Waals surface area contributed by atoms with E-state index in [1.54, 1.807) is 12.1 Å². The highest BCUT2D eigenvalue weighted by atomic mass is 32.2. The van der Waals surface area contributed by atoms with Gasteiger partial charge in [0.2, 0.25) is 0 Å². The lowest BCUT2D eigenvalue weighted by molar-refractivity contribution is 0.482. The number of hydrogen-bond acceptors (Lipinski definition) is 4. The van der Waals surface area contributed by atoms with Gasteiger partial charge in [0, 0.05) is 28.7 Å². The molecule has 0 atom stereocenters. The second-order valence-electron chi connectivity index (χ2n) is 12.4. The summed E-state index contributed by atoms with van der Waals surface area (Å²) in [5.74, 6) is -0.436. The zero-order chi connectivity index (χ0) is 32.6. The van der Waals surface area contributed by atoms with Gasteiger partial charge in [-0.25, -0.2) is 0 Å². The highest BCUT2D eigenvalue weighted by Gasteiger charge is 2.26. The monoisotopic (exact) mass is 618 g/mol. The van der Waals surface area contributed by atoms with Crippen LogP contribution in [0, 0.1) is 55.4 Å². The molecule has 5 nitrogen and oxygen atoms in total. The molecule has 6 heteroatoms. The van der Waals surface area contributed by atoms with Crippen LogP contribution < -0.4 is 10.6 Å². The van der Waals surface area contributed by atoms with Gasteiger partial charge in [-0.3, -0.25) is 4.55 Å². The lowest BCUT2D eigenvalue weighted by Crippen LogP contribution is -2.11. The molecule has 0 saturated carbocycles. The fraction of sp³-hybridized carbons (Fsp3) is 0.231. The summed E-state index contributed by atoms with van der Waals surface area (Å²) in [4.78, 5) is -0.0912. The molecule has 5 rings (SSSR count). The van der Waals surface area contributed by atoms with E-state index in [0.29, 0.717) is 5.56 Å². The van der Waals surface area contributed by atoms with Crippen molar-refractivity contribution < 1.29 is 13.0 Å². The molecule has 0 amide bonds. The number of rotatable bonds is 8. The molecule has 0 spiro atoms. The zero-order valence-electron chi connectivity index (χ0n) is 27.3. The minimum Gasteiger partial charge on any atom is -0.355 e. The molecule has 3 N–H and O–H groups in total. The number of hydrogen-bond donors (Lipinski definition) is 3. The zero-order valence-corrected chi connectivity index (χ0v) is 28.1. The minimum absolute atomic E-state index is 0.0912. The lowest BCUT2D eigenvalue weighted by Gasteiger charge is -2.24. The quantitative estimate of drug-likeness (QED) is 0.119. The molecule has 0 aliphatic carbocycles. The van der Waals surface area contributed by atoms with E-state index >= 15 is 0 Å². The molecule has 232 valence electrons. The van der Waals surface area contributed by atoms with Crippen LogP contribution in [0.25, 0.3) is 0 Å². The van der Waals surface area contributed by atoms with Gasteiger partial charge in [-0.2, -0.15) is 8.42 Å². The number of benzene rings is 5. The number of aryl methyl sites for hydroxylation is 8. The first kappa shape index (κ1) is 32.0. The highest BCUT2D eigenvalue weighted by molar-refractivity contribution is 7.85. The molecule has 0 aromatic heterocycles. The molecule has 0 aliphatic heterocycles. The lowest BCUT2D eigenvalue weighted by atomic mass is 9.83. The van der Waals surface area contributed by atoms with Gasteiger partial charge in [0.05, 0.1) is 4.90 Å². The first-order valence-electron chi connectivity index (χ1n) is 15.2. The van der Waals surface area contributed by atoms with E-state index in [0.717, 1.165) is 45.0 Å². The summed E-state index contributed by atoms with van der Waals surface area (Å²) in [6, 6.07) is 27.8. The van der Waals surface area contributed by atoms with Crippen molar-refractivity contribution in [3.8, 4) is 0 Å². The largest absolute Gasteiger partial charge is 0.355 e. The maximum atomic E-state index is 12.6. The van der Waals surface area contributed by atoms with Crippen LogP contribution in [0.3, 0.4) is 0 Å². The summed E-state index contributed by atoms with van der Waals surface area (Å²) in [6.07, 6.45) is 0. The van der Waals surface area contributed by atoms with E-state index in [2.05, 4.69) is 115 Å². The summed E-state index contributed by atoms with van der Waals surface area (Å²) in [7, 11) is -4.46. The average molecular weight is 619 g/mol. The smallest absolute Gasteiger partial charge is 0.294 e. The van der Waals surface area contributed by atoms with Crippen molar-refractivity contribution in [2.24, 2.45) is 0 Å². The van der Waals surface area contributed by atoms with E-state index in [4.69, 9.17) is 0 Å². The molecule has 0 unspecified atom stereocenters. The third kappa shape index (κ3) is 6.82. The SMILES string of the molecule is Cc1cc(C)c(Nc2ccc(C(c3ccc(Nc4c(C)cc(C)cc4C)c(C)c3)c3ccccc3S(=O)(=O)O)cc2C)c(C)c1. The van der Waals surface area contributed by atoms with Crippen LogP contribution in [0.4, 0.5) is 22.7 Å². The van der Waals surface area contributed by atoms with Crippen molar-refractivity contribution in [1.82, 2.24) is 0 Å². The molecular weight excluding hydrogens is 577 g/mol. The fourth-order valence-electron chi connectivity index (χ4n) is 6.54. The van der Waals surface area contributed by atoms with Crippen LogP contribution in [0.5, 0.6) is 0 Å². The van der Waals surface area contributed by atoms with Crippen molar-refractivity contribution in [2.45, 2.75) is 66.2 Å². The van der Waals surface area contributed by atoms with Crippen molar-refractivity contribution in [2.75, 3.05) is 10.6 Å². The van der Waals surface area contributed by atoms with Crippen molar-refractivity contribution >= 4 is 32.9 Å². The summed E-state index contributed by atoms with van der Waals surface area (Å²) in [5, 5.41) is 7.25. The average Bonchev–Trinajstić information content (AvgIpc) is 2.94. The molecule has 0 aliphatic rings. The molecule has 0 bridgehead atoms. The van der Waals surface area contributed by atoms with E-state index in [-0.39, 0.29) is 4.90 Å². The maximum absolute atomic E-state index is 12.6. The summed E-state index contributed by atoms with van der Waals surface area (Å²) < 4.78 is 35.4. The van der Waals surface area contributed by atoms with Crippen LogP contribution in [-0.2, 0) is 10.1 Å². The van der Waals surface area contributed by atoms with E-state index in [9.17, 15) is 13.0 Å². The maximum Gasteiger partial charge on any atom is 0.294 e. The molecule has 0 fully saturated rings. The Hall–Kier alpha value is -4.39. The standard InChI is InChI=1S/C39H42N2O3S/c1-23-17-27(5)38(28(6)18-23)40-34-15-13-31(21-25(34)3)37(33-11-9-10-12-36(33)45(42,43)44)32-14-16-35(26(4)22-32)41-39-29(7)19-24(2)20-30(39)8/h9-22,37,40-41H,1-8H3,(H,42,43,44). The van der Waals surface area contributed by atoms with E-state index in [1.165, 1.54) is 39.4 Å². The summed E-state index contributed by atoms with van der Waals surface area (Å²) >= 11 is 0. The second-order valence-corrected chi connectivity index (χ2v) is 13.8. The summed E-state index contributed by atoms with van der Waals surface area (Å²) in [6.45, 7) is 16.7. The van der Waals surface area contributed by atoms with Gasteiger partial charge >= 0.3 is 0 Å². The predicted octanol–water partition coefficient (Wildman–Crippen LogP) is 10.1. The Bertz CT molecular complexity index is 1870. The van der Waals surface area contributed by atoms with Gasteiger partial charge in [0.1, 0.15) is 0 Å². The van der Waals surface area contributed by atoms with Crippen LogP contribution >= 0.6 is 0 Å². The first-order valence-corrected chi connectivity index (χ1v) is 16.6. The van der Waals surface area contributed by atoms with Gasteiger partial charge in [-0.05, 0) is 124 Å². The Kier molecular flexibility index (Phi) is 8.92. The van der Waals surface area contributed by atoms with Gasteiger partial charge in [0.15, 0.2) is 0 Å². The Morgan fingerprint density at radius 2 is 0.933 bits per heavy atom. The number of anilines is 4. The van der Waals surface area contributed by atoms with Crippen LogP contribution in [-0.4, -0.2) is 13.0 Å². The molecule has 5 aromatic rings. The van der Waals surface area contributed by atoms with Crippen molar-refractivity contribution in [3.05, 3.63) is 146 Å². The fourth-order valence-corrected chi connectivity index (χ4v) is 7.28. The topological polar surface area (TPSA) is 78.4 Å².